The van der Waals surface area contributed by atoms with Crippen molar-refractivity contribution < 1.29 is 4.79 Å². The molecule has 2 aromatic heterocycles. The molecule has 0 radical (unpaired) electrons. The number of nitrogens with zero attached hydrogens (tertiary/aromatic N) is 2. The second-order valence-electron chi connectivity index (χ2n) is 5.97. The maximum Gasteiger partial charge on any atom is 0.261 e. The Labute approximate surface area is 160 Å². The molecule has 2 heterocycles. The lowest BCUT2D eigenvalue weighted by Gasteiger charge is -2.04. The molecule has 0 aliphatic carbocycles. The summed E-state index contributed by atoms with van der Waals surface area (Å²) < 4.78 is 1.86. The van der Waals surface area contributed by atoms with Crippen molar-refractivity contribution in [2.75, 3.05) is 0 Å². The van der Waals surface area contributed by atoms with E-state index in [1.54, 1.807) is 0 Å². The summed E-state index contributed by atoms with van der Waals surface area (Å²) in [7, 11) is 0. The summed E-state index contributed by atoms with van der Waals surface area (Å²) in [6, 6.07) is 19.3. The average Bonchev–Trinajstić information content (AvgIpc) is 3.22. The Bertz CT molecular complexity index is 1070. The largest absolute Gasteiger partial charge is 0.347 e. The first-order valence-corrected chi connectivity index (χ1v) is 9.38. The molecule has 1 N–H and O–H groups in total. The van der Waals surface area contributed by atoms with Gasteiger partial charge in [-0.05, 0) is 42.8 Å². The minimum absolute atomic E-state index is 0.0721. The van der Waals surface area contributed by atoms with Crippen LogP contribution >= 0.6 is 22.9 Å². The number of halogens is 1. The number of thiophene rings is 1. The third kappa shape index (κ3) is 3.23. The molecule has 0 atom stereocenters. The number of fused-ring (bicyclic) bond motifs is 1. The highest BCUT2D eigenvalue weighted by Crippen LogP contribution is 2.30. The Morgan fingerprint density at radius 1 is 1.15 bits per heavy atom. The number of carbonyl (C=O) groups is 1. The van der Waals surface area contributed by atoms with Crippen molar-refractivity contribution in [1.82, 2.24) is 15.1 Å². The fraction of sp³-hybridized carbons (Fsp3) is 0.100. The Balaban J connectivity index is 1.62. The Kier molecular flexibility index (Phi) is 4.49. The summed E-state index contributed by atoms with van der Waals surface area (Å²) in [6.07, 6.45) is 0. The molecular weight excluding hydrogens is 366 g/mol. The van der Waals surface area contributed by atoms with Crippen LogP contribution in [0.2, 0.25) is 5.02 Å². The zero-order chi connectivity index (χ0) is 18.1. The van der Waals surface area contributed by atoms with Crippen molar-refractivity contribution in [1.29, 1.82) is 0 Å². The smallest absolute Gasteiger partial charge is 0.261 e. The Morgan fingerprint density at radius 2 is 1.88 bits per heavy atom. The number of carbonyl (C=O) groups excluding carboxylic acids is 1. The number of hydrogen-bond acceptors (Lipinski definition) is 3. The predicted molar refractivity (Wildman–Crippen MR) is 106 cm³/mol. The summed E-state index contributed by atoms with van der Waals surface area (Å²) in [5.74, 6) is -0.0721. The van der Waals surface area contributed by atoms with Crippen LogP contribution in [-0.4, -0.2) is 15.7 Å². The summed E-state index contributed by atoms with van der Waals surface area (Å²) in [4.78, 5) is 14.2. The van der Waals surface area contributed by atoms with Crippen LogP contribution in [0.4, 0.5) is 0 Å². The molecule has 130 valence electrons. The molecule has 0 aliphatic rings. The minimum atomic E-state index is -0.0721. The normalized spacial score (nSPS) is 11.0. The van der Waals surface area contributed by atoms with Crippen LogP contribution in [0.1, 0.15) is 20.9 Å². The minimum Gasteiger partial charge on any atom is -0.347 e. The molecule has 26 heavy (non-hydrogen) atoms. The van der Waals surface area contributed by atoms with Gasteiger partial charge in [-0.15, -0.1) is 11.3 Å². The number of rotatable bonds is 4. The van der Waals surface area contributed by atoms with Crippen molar-refractivity contribution in [2.45, 2.75) is 13.5 Å². The molecule has 4 nitrogen and oxygen atoms in total. The average molecular weight is 382 g/mol. The summed E-state index contributed by atoms with van der Waals surface area (Å²) in [6.45, 7) is 2.46. The van der Waals surface area contributed by atoms with Crippen LogP contribution < -0.4 is 5.32 Å². The van der Waals surface area contributed by atoms with Crippen LogP contribution in [0, 0.1) is 6.92 Å². The number of hydrogen-bond donors (Lipinski definition) is 1. The highest BCUT2D eigenvalue weighted by Gasteiger charge is 2.17. The first-order chi connectivity index (χ1) is 12.6. The van der Waals surface area contributed by atoms with Gasteiger partial charge in [0, 0.05) is 17.0 Å². The van der Waals surface area contributed by atoms with Gasteiger partial charge in [-0.1, -0.05) is 41.9 Å². The van der Waals surface area contributed by atoms with Crippen molar-refractivity contribution in [3.8, 4) is 5.69 Å². The van der Waals surface area contributed by atoms with Gasteiger partial charge in [-0.2, -0.15) is 5.10 Å². The molecule has 1 amide bonds. The third-order valence-electron chi connectivity index (χ3n) is 4.14. The second kappa shape index (κ2) is 6.94. The van der Waals surface area contributed by atoms with Gasteiger partial charge in [0.15, 0.2) is 0 Å². The van der Waals surface area contributed by atoms with Crippen molar-refractivity contribution in [3.05, 3.63) is 81.8 Å². The lowest BCUT2D eigenvalue weighted by molar-refractivity contribution is 0.0955. The lowest BCUT2D eigenvalue weighted by Crippen LogP contribution is -2.21. The van der Waals surface area contributed by atoms with Gasteiger partial charge in [0.25, 0.3) is 5.91 Å². The predicted octanol–water partition coefficient (Wildman–Crippen LogP) is 4.98. The van der Waals surface area contributed by atoms with E-state index in [0.717, 1.165) is 27.2 Å². The molecule has 0 bridgehead atoms. The summed E-state index contributed by atoms with van der Waals surface area (Å²) >= 11 is 7.42. The first kappa shape index (κ1) is 16.8. The SMILES string of the molecule is Cc1nn(-c2ccc(Cl)cc2)c2sc(C(=O)NCc3ccccc3)cc12. The van der Waals surface area contributed by atoms with Crippen LogP contribution in [-0.2, 0) is 6.54 Å². The summed E-state index contributed by atoms with van der Waals surface area (Å²) in [5.41, 5.74) is 2.89. The van der Waals surface area contributed by atoms with Gasteiger partial charge < -0.3 is 5.32 Å². The van der Waals surface area contributed by atoms with E-state index in [2.05, 4.69) is 10.4 Å². The van der Waals surface area contributed by atoms with E-state index in [-0.39, 0.29) is 5.91 Å². The number of nitrogens with one attached hydrogen (secondary N) is 1. The Morgan fingerprint density at radius 3 is 2.62 bits per heavy atom. The molecule has 0 unspecified atom stereocenters. The van der Waals surface area contributed by atoms with Gasteiger partial charge in [0.05, 0.1) is 16.3 Å². The standard InChI is InChI=1S/C20H16ClN3OS/c1-13-17-11-18(19(25)22-12-14-5-3-2-4-6-14)26-20(17)24(23-13)16-9-7-15(21)8-10-16/h2-11H,12H2,1H3,(H,22,25). The van der Waals surface area contributed by atoms with Crippen LogP contribution in [0.5, 0.6) is 0 Å². The van der Waals surface area contributed by atoms with Gasteiger partial charge in [-0.3, -0.25) is 4.79 Å². The molecule has 0 fully saturated rings. The molecule has 2 aromatic carbocycles. The van der Waals surface area contributed by atoms with Crippen molar-refractivity contribution in [3.63, 3.8) is 0 Å². The van der Waals surface area contributed by atoms with Gasteiger partial charge in [0.1, 0.15) is 4.83 Å². The highest BCUT2D eigenvalue weighted by atomic mass is 35.5. The molecule has 0 spiro atoms. The molecule has 0 saturated carbocycles. The van der Waals surface area contributed by atoms with Gasteiger partial charge in [-0.25, -0.2) is 4.68 Å². The zero-order valence-electron chi connectivity index (χ0n) is 14.1. The molecule has 0 aliphatic heterocycles. The number of aromatic nitrogens is 2. The monoisotopic (exact) mass is 381 g/mol. The van der Waals surface area contributed by atoms with Gasteiger partial charge >= 0.3 is 0 Å². The van der Waals surface area contributed by atoms with Crippen molar-refractivity contribution >= 4 is 39.1 Å². The summed E-state index contributed by atoms with van der Waals surface area (Å²) in [5, 5.41) is 9.25. The molecule has 4 rings (SSSR count). The quantitative estimate of drug-likeness (QED) is 0.542. The van der Waals surface area contributed by atoms with E-state index < -0.39 is 0 Å². The number of amides is 1. The van der Waals surface area contributed by atoms with E-state index in [9.17, 15) is 4.79 Å². The zero-order valence-corrected chi connectivity index (χ0v) is 15.6. The van der Waals surface area contributed by atoms with Crippen LogP contribution in [0.25, 0.3) is 15.9 Å². The number of aryl methyl sites for hydroxylation is 1. The highest BCUT2D eigenvalue weighted by molar-refractivity contribution is 7.20. The van der Waals surface area contributed by atoms with Gasteiger partial charge in [0.2, 0.25) is 0 Å². The van der Waals surface area contributed by atoms with E-state index in [0.29, 0.717) is 16.4 Å². The molecule has 0 saturated heterocycles. The van der Waals surface area contributed by atoms with Crippen molar-refractivity contribution in [2.24, 2.45) is 0 Å². The fourth-order valence-corrected chi connectivity index (χ4v) is 4.01. The molecule has 6 heteroatoms. The maximum atomic E-state index is 12.5. The van der Waals surface area contributed by atoms with E-state index in [4.69, 9.17) is 11.6 Å². The lowest BCUT2D eigenvalue weighted by atomic mass is 10.2. The maximum absolute atomic E-state index is 12.5. The second-order valence-corrected chi connectivity index (χ2v) is 7.44. The third-order valence-corrected chi connectivity index (χ3v) is 5.50. The fourth-order valence-electron chi connectivity index (χ4n) is 2.78. The van der Waals surface area contributed by atoms with E-state index in [1.165, 1.54) is 11.3 Å². The molecular formula is C20H16ClN3OS. The van der Waals surface area contributed by atoms with Crippen LogP contribution in [0.15, 0.2) is 60.7 Å². The first-order valence-electron chi connectivity index (χ1n) is 8.19. The molecule has 4 aromatic rings. The van der Waals surface area contributed by atoms with E-state index in [1.807, 2.05) is 72.3 Å². The Hall–Kier alpha value is -2.63. The topological polar surface area (TPSA) is 46.9 Å². The van der Waals surface area contributed by atoms with Crippen LogP contribution in [0.3, 0.4) is 0 Å². The van der Waals surface area contributed by atoms with E-state index >= 15 is 0 Å². The number of benzene rings is 2.